The number of carbonyl (C=O) groups excluding carboxylic acids is 1. The van der Waals surface area contributed by atoms with Crippen LogP contribution >= 0.6 is 27.3 Å². The van der Waals surface area contributed by atoms with E-state index in [1.807, 2.05) is 36.6 Å². The fourth-order valence-corrected chi connectivity index (χ4v) is 2.48. The highest BCUT2D eigenvalue weighted by Gasteiger charge is 2.03. The molecule has 0 spiro atoms. The van der Waals surface area contributed by atoms with Gasteiger partial charge < -0.3 is 4.74 Å². The third kappa shape index (κ3) is 4.47. The summed E-state index contributed by atoms with van der Waals surface area (Å²) in [6, 6.07) is 11.2. The van der Waals surface area contributed by atoms with Crippen LogP contribution in [-0.2, 0) is 4.79 Å². The monoisotopic (exact) mass is 352 g/mol. The quantitative estimate of drug-likeness (QED) is 0.661. The van der Waals surface area contributed by atoms with E-state index >= 15 is 0 Å². The number of thiophene rings is 1. The van der Waals surface area contributed by atoms with Crippen molar-refractivity contribution in [2.75, 3.05) is 6.61 Å². The summed E-state index contributed by atoms with van der Waals surface area (Å²) in [7, 11) is 0. The van der Waals surface area contributed by atoms with E-state index in [1.165, 1.54) is 0 Å². The molecule has 0 aliphatic carbocycles. The molecule has 4 nitrogen and oxygen atoms in total. The first-order valence-corrected chi connectivity index (χ1v) is 7.58. The Morgan fingerprint density at radius 2 is 2.25 bits per heavy atom. The number of hydrogen-bond donors (Lipinski definition) is 1. The van der Waals surface area contributed by atoms with Crippen molar-refractivity contribution in [3.63, 3.8) is 0 Å². The number of nitrogens with zero attached hydrogens (tertiary/aromatic N) is 1. The van der Waals surface area contributed by atoms with Crippen molar-refractivity contribution in [2.24, 2.45) is 5.10 Å². The van der Waals surface area contributed by atoms with Crippen LogP contribution in [0.15, 0.2) is 51.4 Å². The third-order valence-corrected chi connectivity index (χ3v) is 3.86. The summed E-state index contributed by atoms with van der Waals surface area (Å²) in [5.41, 5.74) is 3.25. The van der Waals surface area contributed by atoms with Gasteiger partial charge in [-0.1, -0.05) is 28.1 Å². The molecule has 0 aliphatic rings. The smallest absolute Gasteiger partial charge is 0.277 e. The van der Waals surface area contributed by atoms with Gasteiger partial charge in [0.25, 0.3) is 5.91 Å². The van der Waals surface area contributed by atoms with Crippen LogP contribution in [0.3, 0.4) is 0 Å². The minimum Gasteiger partial charge on any atom is -0.484 e. The Hall–Kier alpha value is -1.66. The van der Waals surface area contributed by atoms with Crippen molar-refractivity contribution in [3.05, 3.63) is 51.1 Å². The topological polar surface area (TPSA) is 50.7 Å². The molecule has 6 heteroatoms. The van der Waals surface area contributed by atoms with Crippen LogP contribution in [0.1, 0.15) is 11.8 Å². The first kappa shape index (κ1) is 14.7. The molecule has 1 N–H and O–H groups in total. The fourth-order valence-electron chi connectivity index (χ4n) is 1.42. The van der Waals surface area contributed by atoms with E-state index in [0.29, 0.717) is 5.75 Å². The number of halogens is 1. The molecule has 1 heterocycles. The molecule has 2 aromatic rings. The minimum absolute atomic E-state index is 0.0718. The van der Waals surface area contributed by atoms with Crippen molar-refractivity contribution in [1.82, 2.24) is 5.43 Å². The Balaban J connectivity index is 1.83. The maximum Gasteiger partial charge on any atom is 0.277 e. The van der Waals surface area contributed by atoms with Crippen LogP contribution < -0.4 is 10.2 Å². The van der Waals surface area contributed by atoms with Gasteiger partial charge in [0.2, 0.25) is 0 Å². The number of nitrogens with one attached hydrogen (secondary N) is 1. The summed E-state index contributed by atoms with van der Waals surface area (Å²) in [5.74, 6) is 0.342. The summed E-state index contributed by atoms with van der Waals surface area (Å²) in [5, 5.41) is 6.00. The van der Waals surface area contributed by atoms with Crippen LogP contribution in [-0.4, -0.2) is 18.2 Å². The average Bonchev–Trinajstić information content (AvgIpc) is 2.97. The molecule has 20 heavy (non-hydrogen) atoms. The molecule has 0 saturated carbocycles. The first-order chi connectivity index (χ1) is 9.65. The lowest BCUT2D eigenvalue weighted by Gasteiger charge is -2.05. The van der Waals surface area contributed by atoms with Crippen LogP contribution in [0, 0.1) is 0 Å². The summed E-state index contributed by atoms with van der Waals surface area (Å²) >= 11 is 4.92. The Bertz CT molecular complexity index is 611. The molecule has 0 bridgehead atoms. The fraction of sp³-hybridized carbons (Fsp3) is 0.143. The van der Waals surface area contributed by atoms with Gasteiger partial charge in [-0.2, -0.15) is 5.10 Å². The highest BCUT2D eigenvalue weighted by Crippen LogP contribution is 2.17. The maximum absolute atomic E-state index is 11.6. The Morgan fingerprint density at radius 3 is 2.95 bits per heavy atom. The van der Waals surface area contributed by atoms with Crippen molar-refractivity contribution < 1.29 is 9.53 Å². The molecule has 0 saturated heterocycles. The van der Waals surface area contributed by atoms with E-state index in [-0.39, 0.29) is 12.5 Å². The second-order valence-corrected chi connectivity index (χ2v) is 5.82. The number of hydrogen-bond acceptors (Lipinski definition) is 4. The lowest BCUT2D eigenvalue weighted by atomic mass is 10.3. The highest BCUT2D eigenvalue weighted by molar-refractivity contribution is 9.10. The Morgan fingerprint density at radius 1 is 1.40 bits per heavy atom. The molecule has 0 fully saturated rings. The van der Waals surface area contributed by atoms with Gasteiger partial charge in [-0.15, -0.1) is 11.3 Å². The number of ether oxygens (including phenoxy) is 1. The second kappa shape index (κ2) is 7.21. The van der Waals surface area contributed by atoms with Gasteiger partial charge in [-0.25, -0.2) is 5.43 Å². The van der Waals surface area contributed by atoms with Gasteiger partial charge in [0, 0.05) is 9.35 Å². The van der Waals surface area contributed by atoms with Crippen molar-refractivity contribution >= 4 is 38.9 Å². The van der Waals surface area contributed by atoms with Gasteiger partial charge in [0.05, 0.1) is 5.71 Å². The van der Waals surface area contributed by atoms with Crippen LogP contribution in [0.5, 0.6) is 5.75 Å². The van der Waals surface area contributed by atoms with E-state index in [9.17, 15) is 4.79 Å². The van der Waals surface area contributed by atoms with Crippen LogP contribution in [0.25, 0.3) is 0 Å². The van der Waals surface area contributed by atoms with Crippen LogP contribution in [0.4, 0.5) is 0 Å². The zero-order valence-corrected chi connectivity index (χ0v) is 13.2. The standard InChI is InChI=1S/C14H13BrN2O2S/c1-10(13-6-3-7-20-13)16-17-14(18)9-19-12-5-2-4-11(15)8-12/h2-8H,9H2,1H3,(H,17,18). The van der Waals surface area contributed by atoms with Crippen LogP contribution in [0.2, 0.25) is 0 Å². The van der Waals surface area contributed by atoms with Crippen molar-refractivity contribution in [2.45, 2.75) is 6.92 Å². The predicted octanol–water partition coefficient (Wildman–Crippen LogP) is 3.43. The molecule has 0 aliphatic heterocycles. The maximum atomic E-state index is 11.6. The molecule has 0 atom stereocenters. The molecule has 1 amide bonds. The largest absolute Gasteiger partial charge is 0.484 e. The Kier molecular flexibility index (Phi) is 5.31. The summed E-state index contributed by atoms with van der Waals surface area (Å²) in [6.07, 6.45) is 0. The number of benzene rings is 1. The lowest BCUT2D eigenvalue weighted by Crippen LogP contribution is -2.25. The number of rotatable bonds is 5. The summed E-state index contributed by atoms with van der Waals surface area (Å²) < 4.78 is 6.27. The van der Waals surface area contributed by atoms with E-state index in [0.717, 1.165) is 15.1 Å². The molecule has 1 aromatic carbocycles. The van der Waals surface area contributed by atoms with E-state index in [1.54, 1.807) is 23.5 Å². The molecular weight excluding hydrogens is 340 g/mol. The van der Waals surface area contributed by atoms with Crippen molar-refractivity contribution in [3.8, 4) is 5.75 Å². The van der Waals surface area contributed by atoms with E-state index < -0.39 is 0 Å². The van der Waals surface area contributed by atoms with Gasteiger partial charge in [-0.3, -0.25) is 4.79 Å². The summed E-state index contributed by atoms with van der Waals surface area (Å²) in [4.78, 5) is 12.6. The molecule has 104 valence electrons. The van der Waals surface area contributed by atoms with E-state index in [2.05, 4.69) is 26.5 Å². The summed E-state index contributed by atoms with van der Waals surface area (Å²) in [6.45, 7) is 1.78. The number of carbonyl (C=O) groups is 1. The Labute approximate surface area is 129 Å². The SMILES string of the molecule is CC(=NNC(=O)COc1cccc(Br)c1)c1cccs1. The zero-order valence-electron chi connectivity index (χ0n) is 10.8. The molecule has 0 radical (unpaired) electrons. The lowest BCUT2D eigenvalue weighted by molar-refractivity contribution is -0.123. The van der Waals surface area contributed by atoms with Gasteiger partial charge >= 0.3 is 0 Å². The second-order valence-electron chi connectivity index (χ2n) is 3.96. The first-order valence-electron chi connectivity index (χ1n) is 5.90. The normalized spacial score (nSPS) is 11.2. The molecule has 0 unspecified atom stereocenters. The molecule has 1 aromatic heterocycles. The molecular formula is C14H13BrN2O2S. The van der Waals surface area contributed by atoms with Gasteiger partial charge in [-0.05, 0) is 36.6 Å². The van der Waals surface area contributed by atoms with E-state index in [4.69, 9.17) is 4.74 Å². The number of amides is 1. The highest BCUT2D eigenvalue weighted by atomic mass is 79.9. The number of hydrazone groups is 1. The van der Waals surface area contributed by atoms with Gasteiger partial charge in [0.15, 0.2) is 6.61 Å². The third-order valence-electron chi connectivity index (χ3n) is 2.39. The van der Waals surface area contributed by atoms with Crippen molar-refractivity contribution in [1.29, 1.82) is 0 Å². The molecule has 2 rings (SSSR count). The van der Waals surface area contributed by atoms with Gasteiger partial charge in [0.1, 0.15) is 5.75 Å². The average molecular weight is 353 g/mol. The predicted molar refractivity (Wildman–Crippen MR) is 84.3 cm³/mol. The minimum atomic E-state index is -0.291. The zero-order chi connectivity index (χ0) is 14.4.